The third-order valence-corrected chi connectivity index (χ3v) is 5.55. The van der Waals surface area contributed by atoms with Crippen molar-refractivity contribution in [2.24, 2.45) is 0 Å². The number of nitrogens with zero attached hydrogens (tertiary/aromatic N) is 3. The van der Waals surface area contributed by atoms with Crippen LogP contribution in [0, 0.1) is 6.92 Å². The van der Waals surface area contributed by atoms with Gasteiger partial charge in [0.25, 0.3) is 5.91 Å². The number of rotatable bonds is 5. The number of hydrogen-bond acceptors (Lipinski definition) is 5. The summed E-state index contributed by atoms with van der Waals surface area (Å²) in [5.74, 6) is 2.11. The highest BCUT2D eigenvalue weighted by Crippen LogP contribution is 2.25. The normalized spacial score (nSPS) is 14.7. The van der Waals surface area contributed by atoms with Gasteiger partial charge in [-0.1, -0.05) is 23.7 Å². The third kappa shape index (κ3) is 4.50. The van der Waals surface area contributed by atoms with Crippen LogP contribution >= 0.6 is 11.6 Å². The number of carbonyl (C=O) groups is 1. The van der Waals surface area contributed by atoms with Gasteiger partial charge < -0.3 is 14.1 Å². The molecule has 0 bridgehead atoms. The quantitative estimate of drug-likeness (QED) is 0.611. The summed E-state index contributed by atoms with van der Waals surface area (Å²) in [6, 6.07) is 14.8. The number of hydrogen-bond donors (Lipinski definition) is 0. The molecule has 1 amide bonds. The lowest BCUT2D eigenvalue weighted by Gasteiger charge is -2.34. The molecule has 156 valence electrons. The minimum Gasteiger partial charge on any atom is -0.497 e. The zero-order valence-corrected chi connectivity index (χ0v) is 17.9. The lowest BCUT2D eigenvalue weighted by Crippen LogP contribution is -2.48. The highest BCUT2D eigenvalue weighted by atomic mass is 35.5. The fourth-order valence-corrected chi connectivity index (χ4v) is 3.77. The van der Waals surface area contributed by atoms with E-state index in [2.05, 4.69) is 9.88 Å². The molecule has 2 heterocycles. The number of carbonyl (C=O) groups excluding carboxylic acids is 1. The molecule has 1 saturated heterocycles. The summed E-state index contributed by atoms with van der Waals surface area (Å²) >= 11 is 6.08. The highest BCUT2D eigenvalue weighted by Gasteiger charge is 2.24. The molecule has 0 saturated carbocycles. The van der Waals surface area contributed by atoms with E-state index in [4.69, 9.17) is 20.8 Å². The molecule has 1 fully saturated rings. The van der Waals surface area contributed by atoms with E-state index in [9.17, 15) is 4.79 Å². The molecule has 0 radical (unpaired) electrons. The van der Waals surface area contributed by atoms with Gasteiger partial charge in [-0.3, -0.25) is 9.69 Å². The fraction of sp³-hybridized carbons (Fsp3) is 0.304. The van der Waals surface area contributed by atoms with E-state index in [-0.39, 0.29) is 5.91 Å². The van der Waals surface area contributed by atoms with Gasteiger partial charge in [-0.25, -0.2) is 4.98 Å². The smallest absolute Gasteiger partial charge is 0.254 e. The Balaban J connectivity index is 1.37. The van der Waals surface area contributed by atoms with Crippen molar-refractivity contribution in [2.45, 2.75) is 13.5 Å². The molecule has 4 rings (SSSR count). The third-order valence-electron chi connectivity index (χ3n) is 5.31. The van der Waals surface area contributed by atoms with Crippen molar-refractivity contribution in [1.29, 1.82) is 0 Å². The molecule has 1 aliphatic heterocycles. The number of methoxy groups -OCH3 is 1. The SMILES string of the molecule is COc1cccc(C(=O)N2CCN(Cc3nc(-c4cccc(Cl)c4)oc3C)CC2)c1. The Labute approximate surface area is 181 Å². The first-order valence-corrected chi connectivity index (χ1v) is 10.3. The van der Waals surface area contributed by atoms with Gasteiger partial charge in [0.15, 0.2) is 0 Å². The second kappa shape index (κ2) is 8.90. The van der Waals surface area contributed by atoms with Gasteiger partial charge in [0.1, 0.15) is 11.5 Å². The molecule has 0 unspecified atom stereocenters. The maximum atomic E-state index is 12.8. The van der Waals surface area contributed by atoms with Crippen LogP contribution in [0.5, 0.6) is 5.75 Å². The predicted molar refractivity (Wildman–Crippen MR) is 116 cm³/mol. The molecule has 0 aliphatic carbocycles. The number of aromatic nitrogens is 1. The number of oxazole rings is 1. The molecule has 7 heteroatoms. The van der Waals surface area contributed by atoms with Crippen molar-refractivity contribution >= 4 is 17.5 Å². The van der Waals surface area contributed by atoms with Crippen LogP contribution in [-0.2, 0) is 6.54 Å². The van der Waals surface area contributed by atoms with Crippen molar-refractivity contribution in [3.8, 4) is 17.2 Å². The van der Waals surface area contributed by atoms with Crippen LogP contribution in [0.1, 0.15) is 21.8 Å². The minimum atomic E-state index is 0.0365. The number of benzene rings is 2. The summed E-state index contributed by atoms with van der Waals surface area (Å²) < 4.78 is 11.1. The van der Waals surface area contributed by atoms with Gasteiger partial charge in [-0.15, -0.1) is 0 Å². The highest BCUT2D eigenvalue weighted by molar-refractivity contribution is 6.30. The minimum absolute atomic E-state index is 0.0365. The zero-order chi connectivity index (χ0) is 21.1. The van der Waals surface area contributed by atoms with Gasteiger partial charge in [0, 0.05) is 48.9 Å². The van der Waals surface area contributed by atoms with Crippen LogP contribution in [0.2, 0.25) is 5.02 Å². The molecule has 30 heavy (non-hydrogen) atoms. The maximum Gasteiger partial charge on any atom is 0.254 e. The first-order valence-electron chi connectivity index (χ1n) is 9.91. The van der Waals surface area contributed by atoms with Crippen LogP contribution in [-0.4, -0.2) is 54.0 Å². The molecule has 0 spiro atoms. The number of ether oxygens (including phenoxy) is 1. The Bertz CT molecular complexity index is 1040. The van der Waals surface area contributed by atoms with Crippen LogP contribution in [0.3, 0.4) is 0 Å². The first-order chi connectivity index (χ1) is 14.5. The van der Waals surface area contributed by atoms with E-state index in [1.165, 1.54) is 0 Å². The molecule has 6 nitrogen and oxygen atoms in total. The molecule has 0 atom stereocenters. The van der Waals surface area contributed by atoms with Crippen molar-refractivity contribution in [3.63, 3.8) is 0 Å². The molecular weight excluding hydrogens is 402 g/mol. The molecule has 0 N–H and O–H groups in total. The second-order valence-electron chi connectivity index (χ2n) is 7.33. The summed E-state index contributed by atoms with van der Waals surface area (Å²) in [5.41, 5.74) is 2.43. The Kier molecular flexibility index (Phi) is 6.06. The Morgan fingerprint density at radius 3 is 2.63 bits per heavy atom. The van der Waals surface area contributed by atoms with Crippen LogP contribution in [0.15, 0.2) is 52.9 Å². The van der Waals surface area contributed by atoms with E-state index < -0.39 is 0 Å². The Morgan fingerprint density at radius 1 is 1.13 bits per heavy atom. The van der Waals surface area contributed by atoms with Gasteiger partial charge in [-0.2, -0.15) is 0 Å². The summed E-state index contributed by atoms with van der Waals surface area (Å²) in [5, 5.41) is 0.654. The van der Waals surface area contributed by atoms with E-state index in [0.29, 0.717) is 41.9 Å². The fourth-order valence-electron chi connectivity index (χ4n) is 3.58. The summed E-state index contributed by atoms with van der Waals surface area (Å²) in [7, 11) is 1.60. The van der Waals surface area contributed by atoms with Gasteiger partial charge in [0.2, 0.25) is 5.89 Å². The summed E-state index contributed by atoms with van der Waals surface area (Å²) in [6.07, 6.45) is 0. The van der Waals surface area contributed by atoms with Crippen molar-refractivity contribution in [3.05, 3.63) is 70.6 Å². The number of piperazine rings is 1. The van der Waals surface area contributed by atoms with Crippen molar-refractivity contribution < 1.29 is 13.9 Å². The van der Waals surface area contributed by atoms with Crippen LogP contribution in [0.4, 0.5) is 0 Å². The van der Waals surface area contributed by atoms with Crippen LogP contribution in [0.25, 0.3) is 11.5 Å². The van der Waals surface area contributed by atoms with Crippen molar-refractivity contribution in [2.75, 3.05) is 33.3 Å². The molecule has 2 aromatic carbocycles. The largest absolute Gasteiger partial charge is 0.497 e. The average Bonchev–Trinajstić information content (AvgIpc) is 3.14. The van der Waals surface area contributed by atoms with Gasteiger partial charge >= 0.3 is 0 Å². The molecule has 1 aromatic heterocycles. The van der Waals surface area contributed by atoms with E-state index in [0.717, 1.165) is 30.1 Å². The van der Waals surface area contributed by atoms with Gasteiger partial charge in [-0.05, 0) is 43.3 Å². The summed E-state index contributed by atoms with van der Waals surface area (Å²) in [4.78, 5) is 21.6. The van der Waals surface area contributed by atoms with Crippen LogP contribution < -0.4 is 4.74 Å². The number of halogens is 1. The predicted octanol–water partition coefficient (Wildman–Crippen LogP) is 4.27. The molecular formula is C23H24ClN3O3. The Hall–Kier alpha value is -2.83. The lowest BCUT2D eigenvalue weighted by atomic mass is 10.1. The number of aryl methyl sites for hydroxylation is 1. The average molecular weight is 426 g/mol. The second-order valence-corrected chi connectivity index (χ2v) is 7.77. The van der Waals surface area contributed by atoms with E-state index >= 15 is 0 Å². The number of amides is 1. The molecule has 1 aliphatic rings. The summed E-state index contributed by atoms with van der Waals surface area (Å²) in [6.45, 7) is 5.54. The molecule has 3 aromatic rings. The van der Waals surface area contributed by atoms with Crippen molar-refractivity contribution in [1.82, 2.24) is 14.8 Å². The Morgan fingerprint density at radius 2 is 1.90 bits per heavy atom. The van der Waals surface area contributed by atoms with Gasteiger partial charge in [0.05, 0.1) is 12.8 Å². The maximum absolute atomic E-state index is 12.8. The topological polar surface area (TPSA) is 58.8 Å². The lowest BCUT2D eigenvalue weighted by molar-refractivity contribution is 0.0626. The van der Waals surface area contributed by atoms with E-state index in [1.54, 1.807) is 13.2 Å². The monoisotopic (exact) mass is 425 g/mol. The standard InChI is InChI=1S/C23H24ClN3O3/c1-16-21(25-22(30-16)17-5-3-7-19(24)13-17)15-26-9-11-27(12-10-26)23(28)18-6-4-8-20(14-18)29-2/h3-8,13-14H,9-12,15H2,1-2H3. The van der Waals surface area contributed by atoms with E-state index in [1.807, 2.05) is 54.3 Å². The zero-order valence-electron chi connectivity index (χ0n) is 17.1. The first kappa shape index (κ1) is 20.4.